The van der Waals surface area contributed by atoms with Gasteiger partial charge in [-0.05, 0) is 43.7 Å². The van der Waals surface area contributed by atoms with E-state index in [4.69, 9.17) is 5.26 Å². The summed E-state index contributed by atoms with van der Waals surface area (Å²) in [5.74, 6) is 0. The Hall–Kier alpha value is -2.34. The number of aromatic nitrogens is 1. The maximum atomic E-state index is 9.09. The molecule has 0 saturated heterocycles. The molecule has 90 valence electrons. The second-order valence-electron chi connectivity index (χ2n) is 4.28. The Labute approximate surface area is 107 Å². The van der Waals surface area contributed by atoms with Crippen molar-refractivity contribution in [2.24, 2.45) is 0 Å². The lowest BCUT2D eigenvalue weighted by Gasteiger charge is -2.16. The molecule has 0 bridgehead atoms. The molecule has 1 aromatic heterocycles. The molecule has 1 atom stereocenters. The van der Waals surface area contributed by atoms with Crippen molar-refractivity contribution in [3.63, 3.8) is 0 Å². The monoisotopic (exact) mass is 237 g/mol. The molecule has 1 aromatic carbocycles. The summed E-state index contributed by atoms with van der Waals surface area (Å²) < 4.78 is 0. The van der Waals surface area contributed by atoms with E-state index < -0.39 is 0 Å². The smallest absolute Gasteiger partial charge is 0.101 e. The van der Waals surface area contributed by atoms with Crippen LogP contribution in [0.5, 0.6) is 0 Å². The van der Waals surface area contributed by atoms with E-state index in [2.05, 4.69) is 16.4 Å². The van der Waals surface area contributed by atoms with Crippen molar-refractivity contribution in [1.82, 2.24) is 4.98 Å². The fraction of sp³-hybridized carbons (Fsp3) is 0.200. The molecule has 0 fully saturated rings. The highest BCUT2D eigenvalue weighted by Gasteiger charge is 2.09. The third kappa shape index (κ3) is 2.67. The number of pyridine rings is 1. The zero-order valence-electron chi connectivity index (χ0n) is 10.5. The molecule has 0 saturated carbocycles. The van der Waals surface area contributed by atoms with Gasteiger partial charge in [0.05, 0.1) is 23.0 Å². The van der Waals surface area contributed by atoms with Crippen molar-refractivity contribution in [2.75, 3.05) is 5.32 Å². The number of nitriles is 1. The van der Waals surface area contributed by atoms with Crippen LogP contribution in [-0.2, 0) is 0 Å². The van der Waals surface area contributed by atoms with Crippen LogP contribution in [0.4, 0.5) is 5.69 Å². The number of hydrogen-bond acceptors (Lipinski definition) is 3. The highest BCUT2D eigenvalue weighted by atomic mass is 14.9. The van der Waals surface area contributed by atoms with Crippen LogP contribution in [0.1, 0.15) is 29.8 Å². The molecular formula is C15H15N3. The summed E-state index contributed by atoms with van der Waals surface area (Å²) in [4.78, 5) is 4.31. The molecule has 18 heavy (non-hydrogen) atoms. The van der Waals surface area contributed by atoms with Gasteiger partial charge in [0, 0.05) is 6.20 Å². The molecule has 2 aromatic rings. The van der Waals surface area contributed by atoms with E-state index in [9.17, 15) is 0 Å². The Morgan fingerprint density at radius 2 is 2.11 bits per heavy atom. The zero-order valence-corrected chi connectivity index (χ0v) is 10.5. The molecule has 3 nitrogen and oxygen atoms in total. The molecule has 0 aliphatic rings. The van der Waals surface area contributed by atoms with E-state index >= 15 is 0 Å². The highest BCUT2D eigenvalue weighted by Crippen LogP contribution is 2.22. The summed E-state index contributed by atoms with van der Waals surface area (Å²) in [7, 11) is 0. The summed E-state index contributed by atoms with van der Waals surface area (Å²) in [5.41, 5.74) is 3.60. The van der Waals surface area contributed by atoms with E-state index in [0.717, 1.165) is 16.9 Å². The quantitative estimate of drug-likeness (QED) is 0.889. The van der Waals surface area contributed by atoms with Crippen molar-refractivity contribution in [2.45, 2.75) is 19.9 Å². The van der Waals surface area contributed by atoms with Crippen LogP contribution in [0.2, 0.25) is 0 Å². The SMILES string of the molecule is Cc1ccc(C#N)c(NC(C)c2ccccn2)c1. The number of hydrogen-bond donors (Lipinski definition) is 1. The Bertz CT molecular complexity index is 570. The van der Waals surface area contributed by atoms with E-state index in [-0.39, 0.29) is 6.04 Å². The van der Waals surface area contributed by atoms with Gasteiger partial charge < -0.3 is 5.32 Å². The Balaban J connectivity index is 2.24. The maximum Gasteiger partial charge on any atom is 0.101 e. The lowest BCUT2D eigenvalue weighted by molar-refractivity contribution is 0.838. The molecule has 1 unspecified atom stereocenters. The minimum atomic E-state index is 0.0695. The Morgan fingerprint density at radius 1 is 1.28 bits per heavy atom. The summed E-state index contributed by atoms with van der Waals surface area (Å²) in [6, 6.07) is 13.9. The van der Waals surface area contributed by atoms with Crippen molar-refractivity contribution in [3.8, 4) is 6.07 Å². The summed E-state index contributed by atoms with van der Waals surface area (Å²) >= 11 is 0. The van der Waals surface area contributed by atoms with Crippen LogP contribution in [-0.4, -0.2) is 4.98 Å². The predicted molar refractivity (Wildman–Crippen MR) is 72.2 cm³/mol. The van der Waals surface area contributed by atoms with Crippen LogP contribution >= 0.6 is 0 Å². The largest absolute Gasteiger partial charge is 0.376 e. The third-order valence-corrected chi connectivity index (χ3v) is 2.80. The molecule has 1 N–H and O–H groups in total. The maximum absolute atomic E-state index is 9.09. The third-order valence-electron chi connectivity index (χ3n) is 2.80. The van der Waals surface area contributed by atoms with Crippen molar-refractivity contribution >= 4 is 5.69 Å². The summed E-state index contributed by atoms with van der Waals surface area (Å²) in [6.07, 6.45) is 1.77. The Kier molecular flexibility index (Phi) is 3.59. The molecule has 0 aliphatic carbocycles. The fourth-order valence-corrected chi connectivity index (χ4v) is 1.81. The highest BCUT2D eigenvalue weighted by molar-refractivity contribution is 5.59. The van der Waals surface area contributed by atoms with Crippen LogP contribution in [0, 0.1) is 18.3 Å². The van der Waals surface area contributed by atoms with Crippen molar-refractivity contribution < 1.29 is 0 Å². The number of benzene rings is 1. The van der Waals surface area contributed by atoms with Gasteiger partial charge in [0.2, 0.25) is 0 Å². The topological polar surface area (TPSA) is 48.7 Å². The number of anilines is 1. The van der Waals surface area contributed by atoms with Gasteiger partial charge in [0.1, 0.15) is 6.07 Å². The molecule has 0 amide bonds. The van der Waals surface area contributed by atoms with Gasteiger partial charge in [0.25, 0.3) is 0 Å². The van der Waals surface area contributed by atoms with Gasteiger partial charge in [-0.2, -0.15) is 5.26 Å². The molecular weight excluding hydrogens is 222 g/mol. The second-order valence-corrected chi connectivity index (χ2v) is 4.28. The molecule has 0 radical (unpaired) electrons. The lowest BCUT2D eigenvalue weighted by atomic mass is 10.1. The summed E-state index contributed by atoms with van der Waals surface area (Å²) in [5, 5.41) is 12.4. The standard InChI is InChI=1S/C15H15N3/c1-11-6-7-13(10-16)15(9-11)18-12(2)14-5-3-4-8-17-14/h3-9,12,18H,1-2H3. The minimum Gasteiger partial charge on any atom is -0.376 e. The first-order valence-electron chi connectivity index (χ1n) is 5.89. The van der Waals surface area contributed by atoms with Crippen LogP contribution in [0.25, 0.3) is 0 Å². The van der Waals surface area contributed by atoms with E-state index in [0.29, 0.717) is 5.56 Å². The van der Waals surface area contributed by atoms with Gasteiger partial charge in [-0.25, -0.2) is 0 Å². The number of rotatable bonds is 3. The first-order valence-corrected chi connectivity index (χ1v) is 5.89. The predicted octanol–water partition coefficient (Wildman–Crippen LogP) is 3.43. The number of aryl methyl sites for hydroxylation is 1. The van der Waals surface area contributed by atoms with Crippen LogP contribution in [0.3, 0.4) is 0 Å². The normalized spacial score (nSPS) is 11.6. The molecule has 3 heteroatoms. The molecule has 1 heterocycles. The van der Waals surface area contributed by atoms with Crippen molar-refractivity contribution in [1.29, 1.82) is 5.26 Å². The van der Waals surface area contributed by atoms with Crippen LogP contribution < -0.4 is 5.32 Å². The van der Waals surface area contributed by atoms with Gasteiger partial charge in [0.15, 0.2) is 0 Å². The van der Waals surface area contributed by atoms with E-state index in [1.54, 1.807) is 6.20 Å². The second kappa shape index (κ2) is 5.33. The molecule has 2 rings (SSSR count). The lowest BCUT2D eigenvalue weighted by Crippen LogP contribution is -2.09. The van der Waals surface area contributed by atoms with Gasteiger partial charge >= 0.3 is 0 Å². The minimum absolute atomic E-state index is 0.0695. The first kappa shape index (κ1) is 12.1. The fourth-order valence-electron chi connectivity index (χ4n) is 1.81. The van der Waals surface area contributed by atoms with Gasteiger partial charge in [-0.1, -0.05) is 12.1 Å². The number of nitrogens with zero attached hydrogens (tertiary/aromatic N) is 2. The molecule has 0 aliphatic heterocycles. The van der Waals surface area contributed by atoms with Gasteiger partial charge in [-0.3, -0.25) is 4.98 Å². The average molecular weight is 237 g/mol. The van der Waals surface area contributed by atoms with Crippen molar-refractivity contribution in [3.05, 3.63) is 59.4 Å². The Morgan fingerprint density at radius 3 is 2.78 bits per heavy atom. The van der Waals surface area contributed by atoms with Crippen LogP contribution in [0.15, 0.2) is 42.6 Å². The summed E-state index contributed by atoms with van der Waals surface area (Å²) in [6.45, 7) is 4.05. The zero-order chi connectivity index (χ0) is 13.0. The average Bonchev–Trinajstić information content (AvgIpc) is 2.40. The van der Waals surface area contributed by atoms with E-state index in [1.807, 2.05) is 50.2 Å². The van der Waals surface area contributed by atoms with E-state index in [1.165, 1.54) is 0 Å². The number of nitrogens with one attached hydrogen (secondary N) is 1. The first-order chi connectivity index (χ1) is 8.70. The molecule has 0 spiro atoms. The van der Waals surface area contributed by atoms with Gasteiger partial charge in [-0.15, -0.1) is 0 Å².